The Morgan fingerprint density at radius 3 is 2.60 bits per heavy atom. The highest BCUT2D eigenvalue weighted by atomic mass is 15.3. The minimum absolute atomic E-state index is 0.538. The molecule has 4 nitrogen and oxygen atoms in total. The van der Waals surface area contributed by atoms with Crippen molar-refractivity contribution in [3.8, 4) is 11.1 Å². The number of hydrogen-bond donors (Lipinski definition) is 1. The molecule has 0 atom stereocenters. The second-order valence-electron chi connectivity index (χ2n) is 5.70. The molecule has 20 heavy (non-hydrogen) atoms. The van der Waals surface area contributed by atoms with E-state index in [-0.39, 0.29) is 0 Å². The smallest absolute Gasteiger partial charge is 0.129 e. The van der Waals surface area contributed by atoms with Crippen LogP contribution in [0.1, 0.15) is 50.1 Å². The Morgan fingerprint density at radius 2 is 1.95 bits per heavy atom. The molecule has 0 aromatic carbocycles. The van der Waals surface area contributed by atoms with Gasteiger partial charge in [0.25, 0.3) is 0 Å². The Bertz CT molecular complexity index is 566. The zero-order valence-electron chi connectivity index (χ0n) is 12.0. The normalized spacial score (nSPS) is 17.1. The molecule has 0 amide bonds. The predicted molar refractivity (Wildman–Crippen MR) is 81.3 cm³/mol. The van der Waals surface area contributed by atoms with E-state index in [0.29, 0.717) is 5.92 Å². The Morgan fingerprint density at radius 1 is 1.20 bits per heavy atom. The molecule has 0 bridgehead atoms. The van der Waals surface area contributed by atoms with E-state index in [9.17, 15) is 0 Å². The number of aromatic nitrogens is 3. The summed E-state index contributed by atoms with van der Waals surface area (Å²) in [5, 5.41) is 4.72. The van der Waals surface area contributed by atoms with Gasteiger partial charge < -0.3 is 5.73 Å². The van der Waals surface area contributed by atoms with Gasteiger partial charge in [0.1, 0.15) is 5.82 Å². The van der Waals surface area contributed by atoms with Gasteiger partial charge in [-0.3, -0.25) is 9.67 Å². The summed E-state index contributed by atoms with van der Waals surface area (Å²) in [6.45, 7) is 0. The number of nitrogens with zero attached hydrogens (tertiary/aromatic N) is 3. The summed E-state index contributed by atoms with van der Waals surface area (Å²) in [4.78, 5) is 4.22. The molecule has 0 aliphatic heterocycles. The maximum absolute atomic E-state index is 6.25. The molecule has 0 spiro atoms. The van der Waals surface area contributed by atoms with Crippen molar-refractivity contribution in [3.63, 3.8) is 0 Å². The fourth-order valence-electron chi connectivity index (χ4n) is 3.20. The van der Waals surface area contributed by atoms with E-state index in [1.807, 2.05) is 24.0 Å². The minimum atomic E-state index is 0.538. The molecule has 3 rings (SSSR count). The summed E-state index contributed by atoms with van der Waals surface area (Å²) in [6, 6.07) is 4.03. The maximum Gasteiger partial charge on any atom is 0.129 e. The van der Waals surface area contributed by atoms with Crippen LogP contribution in [0.5, 0.6) is 0 Å². The number of nitrogens with two attached hydrogens (primary N) is 1. The van der Waals surface area contributed by atoms with Gasteiger partial charge in [0.2, 0.25) is 0 Å². The summed E-state index contributed by atoms with van der Waals surface area (Å²) < 4.78 is 1.81. The summed E-state index contributed by atoms with van der Waals surface area (Å²) >= 11 is 0. The monoisotopic (exact) mass is 270 g/mol. The number of anilines is 1. The second-order valence-corrected chi connectivity index (χ2v) is 5.70. The third-order valence-corrected chi connectivity index (χ3v) is 4.31. The highest BCUT2D eigenvalue weighted by molar-refractivity contribution is 5.76. The Balaban J connectivity index is 2.04. The molecule has 1 fully saturated rings. The largest absolute Gasteiger partial charge is 0.383 e. The van der Waals surface area contributed by atoms with E-state index in [4.69, 9.17) is 10.8 Å². The number of nitrogen functional groups attached to an aromatic ring is 1. The highest BCUT2D eigenvalue weighted by Gasteiger charge is 2.24. The molecule has 4 heteroatoms. The molecule has 2 aromatic heterocycles. The maximum atomic E-state index is 6.25. The molecular formula is C16H22N4. The number of aryl methyl sites for hydroxylation is 1. The standard InChI is InChI=1S/C16H22N4/c1-20-16(17)14(13-9-6-10-18-11-13)15(19-20)12-7-4-2-3-5-8-12/h6,9-12H,2-5,7-8,17H2,1H3. The number of pyridine rings is 1. The molecule has 1 saturated carbocycles. The van der Waals surface area contributed by atoms with Crippen molar-refractivity contribution in [2.75, 3.05) is 5.73 Å². The summed E-state index contributed by atoms with van der Waals surface area (Å²) in [5.74, 6) is 1.29. The van der Waals surface area contributed by atoms with Gasteiger partial charge in [0, 0.05) is 36.5 Å². The fourth-order valence-corrected chi connectivity index (χ4v) is 3.20. The van der Waals surface area contributed by atoms with E-state index in [2.05, 4.69) is 11.1 Å². The lowest BCUT2D eigenvalue weighted by atomic mass is 9.91. The average Bonchev–Trinajstić information content (AvgIpc) is 2.68. The lowest BCUT2D eigenvalue weighted by Gasteiger charge is -2.13. The second kappa shape index (κ2) is 5.65. The minimum Gasteiger partial charge on any atom is -0.383 e. The first kappa shape index (κ1) is 13.2. The fraction of sp³-hybridized carbons (Fsp3) is 0.500. The molecule has 1 aliphatic rings. The van der Waals surface area contributed by atoms with Gasteiger partial charge in [-0.25, -0.2) is 0 Å². The first-order valence-electron chi connectivity index (χ1n) is 7.50. The number of rotatable bonds is 2. The lowest BCUT2D eigenvalue weighted by molar-refractivity contribution is 0.567. The Labute approximate surface area is 120 Å². The van der Waals surface area contributed by atoms with Crippen LogP contribution in [-0.2, 0) is 7.05 Å². The van der Waals surface area contributed by atoms with Gasteiger partial charge in [-0.2, -0.15) is 5.10 Å². The molecule has 2 N–H and O–H groups in total. The first-order valence-corrected chi connectivity index (χ1v) is 7.50. The molecule has 0 unspecified atom stereocenters. The molecule has 2 aromatic rings. The molecule has 0 radical (unpaired) electrons. The van der Waals surface area contributed by atoms with Crippen molar-refractivity contribution in [2.45, 2.75) is 44.4 Å². The zero-order valence-corrected chi connectivity index (χ0v) is 12.0. The van der Waals surface area contributed by atoms with Crippen LogP contribution >= 0.6 is 0 Å². The van der Waals surface area contributed by atoms with Crippen molar-refractivity contribution < 1.29 is 0 Å². The van der Waals surface area contributed by atoms with Gasteiger partial charge in [0.05, 0.1) is 5.69 Å². The SMILES string of the molecule is Cn1nc(C2CCCCCC2)c(-c2cccnc2)c1N. The van der Waals surface area contributed by atoms with Gasteiger partial charge in [-0.05, 0) is 18.9 Å². The van der Waals surface area contributed by atoms with Crippen LogP contribution in [0.25, 0.3) is 11.1 Å². The van der Waals surface area contributed by atoms with Crippen LogP contribution in [-0.4, -0.2) is 14.8 Å². The lowest BCUT2D eigenvalue weighted by Crippen LogP contribution is -2.01. The van der Waals surface area contributed by atoms with Gasteiger partial charge >= 0.3 is 0 Å². The summed E-state index contributed by atoms with van der Waals surface area (Å²) in [5.41, 5.74) is 9.59. The van der Waals surface area contributed by atoms with Gasteiger partial charge in [0.15, 0.2) is 0 Å². The van der Waals surface area contributed by atoms with Crippen LogP contribution in [0.4, 0.5) is 5.82 Å². The van der Waals surface area contributed by atoms with E-state index < -0.39 is 0 Å². The van der Waals surface area contributed by atoms with Crippen molar-refractivity contribution in [1.29, 1.82) is 0 Å². The van der Waals surface area contributed by atoms with E-state index in [0.717, 1.165) is 16.9 Å². The molecule has 0 saturated heterocycles. The van der Waals surface area contributed by atoms with E-state index in [1.54, 1.807) is 6.20 Å². The van der Waals surface area contributed by atoms with Crippen LogP contribution in [0.15, 0.2) is 24.5 Å². The Hall–Kier alpha value is -1.84. The van der Waals surface area contributed by atoms with Crippen molar-refractivity contribution in [1.82, 2.24) is 14.8 Å². The molecule has 2 heterocycles. The van der Waals surface area contributed by atoms with Gasteiger partial charge in [-0.15, -0.1) is 0 Å². The number of hydrogen-bond acceptors (Lipinski definition) is 3. The summed E-state index contributed by atoms with van der Waals surface area (Å²) in [6.07, 6.45) is 11.4. The molecule has 106 valence electrons. The quantitative estimate of drug-likeness (QED) is 0.850. The predicted octanol–water partition coefficient (Wildman–Crippen LogP) is 3.50. The first-order chi connectivity index (χ1) is 9.77. The molecule has 1 aliphatic carbocycles. The summed E-state index contributed by atoms with van der Waals surface area (Å²) in [7, 11) is 1.93. The topological polar surface area (TPSA) is 56.7 Å². The van der Waals surface area contributed by atoms with E-state index in [1.165, 1.54) is 44.2 Å². The third-order valence-electron chi connectivity index (χ3n) is 4.31. The van der Waals surface area contributed by atoms with Crippen LogP contribution in [0.2, 0.25) is 0 Å². The highest BCUT2D eigenvalue weighted by Crippen LogP contribution is 2.39. The van der Waals surface area contributed by atoms with E-state index >= 15 is 0 Å². The van der Waals surface area contributed by atoms with Gasteiger partial charge in [-0.1, -0.05) is 31.7 Å². The van der Waals surface area contributed by atoms with Crippen molar-refractivity contribution in [3.05, 3.63) is 30.2 Å². The third kappa shape index (κ3) is 2.42. The van der Waals surface area contributed by atoms with Crippen molar-refractivity contribution >= 4 is 5.82 Å². The van der Waals surface area contributed by atoms with Crippen LogP contribution in [0.3, 0.4) is 0 Å². The van der Waals surface area contributed by atoms with Crippen LogP contribution in [0, 0.1) is 0 Å². The average molecular weight is 270 g/mol. The zero-order chi connectivity index (χ0) is 13.9. The Kier molecular flexibility index (Phi) is 3.72. The molecular weight excluding hydrogens is 248 g/mol. The van der Waals surface area contributed by atoms with Crippen LogP contribution < -0.4 is 5.73 Å². The van der Waals surface area contributed by atoms with Crippen molar-refractivity contribution in [2.24, 2.45) is 7.05 Å².